The third-order valence-electron chi connectivity index (χ3n) is 10.9. The van der Waals surface area contributed by atoms with Crippen molar-refractivity contribution < 1.29 is 45.5 Å². The van der Waals surface area contributed by atoms with E-state index in [-0.39, 0.29) is 35.6 Å². The van der Waals surface area contributed by atoms with E-state index in [0.29, 0.717) is 77.3 Å². The van der Waals surface area contributed by atoms with Gasteiger partial charge in [-0.2, -0.15) is 26.3 Å². The number of carbonyl (C=O) groups is 3. The molecule has 0 bridgehead atoms. The number of carbonyl (C=O) groups excluding carboxylic acids is 3. The van der Waals surface area contributed by atoms with E-state index >= 15 is 0 Å². The predicted molar refractivity (Wildman–Crippen MR) is 170 cm³/mol. The van der Waals surface area contributed by atoms with E-state index in [2.05, 4.69) is 5.32 Å². The monoisotopic (exact) mass is 697 g/mol. The van der Waals surface area contributed by atoms with Crippen LogP contribution in [0.4, 0.5) is 26.3 Å². The van der Waals surface area contributed by atoms with Gasteiger partial charge in [-0.15, -0.1) is 0 Å². The van der Waals surface area contributed by atoms with Crippen LogP contribution in [0.2, 0.25) is 0 Å². The van der Waals surface area contributed by atoms with Crippen LogP contribution in [0.5, 0.6) is 0 Å². The molecule has 1 saturated carbocycles. The lowest BCUT2D eigenvalue weighted by molar-refractivity contribution is -0.166. The molecular weight excluding hydrogens is 652 g/mol. The van der Waals surface area contributed by atoms with Gasteiger partial charge in [0.15, 0.2) is 5.78 Å². The summed E-state index contributed by atoms with van der Waals surface area (Å²) in [5.74, 6) is -1.59. The number of alkyl halides is 6. The zero-order valence-electron chi connectivity index (χ0n) is 27.5. The summed E-state index contributed by atoms with van der Waals surface area (Å²) in [6.07, 6.45) is -3.56. The molecule has 2 aliphatic carbocycles. The molecule has 2 saturated heterocycles. The molecule has 5 rings (SSSR count). The summed E-state index contributed by atoms with van der Waals surface area (Å²) in [7, 11) is 0. The van der Waals surface area contributed by atoms with Gasteiger partial charge in [0.2, 0.25) is 5.91 Å². The lowest BCUT2D eigenvalue weighted by Gasteiger charge is -2.41. The van der Waals surface area contributed by atoms with Crippen molar-refractivity contribution >= 4 is 18.2 Å². The molecule has 0 radical (unpaired) electrons. The molecule has 2 aliphatic heterocycles. The standard InChI is InChI=1S/C36H45F6N3O4/c37-35(38,39)30-11-10-29(31(20-30)36(40,41)42)22-44-18-14-34(15-19-44,49-24-46)23-43-21-25-6-8-28(9-7-25)33(48)45-16-12-27(13-17-45)32(47)26-4-2-1-3-5-26/h1-5,10-11,24-25,27-28,30,43H,6-9,12-23H2. The van der Waals surface area contributed by atoms with Crippen molar-refractivity contribution in [2.75, 3.05) is 45.8 Å². The highest BCUT2D eigenvalue weighted by molar-refractivity contribution is 5.98. The van der Waals surface area contributed by atoms with Crippen molar-refractivity contribution in [2.45, 2.75) is 75.7 Å². The van der Waals surface area contributed by atoms with Crippen molar-refractivity contribution in [2.24, 2.45) is 23.7 Å². The third kappa shape index (κ3) is 9.53. The van der Waals surface area contributed by atoms with Gasteiger partial charge in [0, 0.05) is 75.1 Å². The lowest BCUT2D eigenvalue weighted by atomic mass is 9.80. The molecule has 1 aromatic carbocycles. The predicted octanol–water partition coefficient (Wildman–Crippen LogP) is 6.51. The molecule has 1 atom stereocenters. The van der Waals surface area contributed by atoms with Gasteiger partial charge in [0.1, 0.15) is 5.60 Å². The molecule has 1 aromatic rings. The Hall–Kier alpha value is -3.19. The van der Waals surface area contributed by atoms with Crippen LogP contribution < -0.4 is 5.32 Å². The first kappa shape index (κ1) is 37.1. The fourth-order valence-corrected chi connectivity index (χ4v) is 7.80. The van der Waals surface area contributed by atoms with Gasteiger partial charge in [-0.1, -0.05) is 42.5 Å². The van der Waals surface area contributed by atoms with E-state index in [0.717, 1.165) is 43.4 Å². The summed E-state index contributed by atoms with van der Waals surface area (Å²) in [6.45, 7) is 3.14. The molecule has 13 heteroatoms. The molecule has 7 nitrogen and oxygen atoms in total. The van der Waals surface area contributed by atoms with Crippen molar-refractivity contribution in [1.82, 2.24) is 15.1 Å². The Bertz CT molecular complexity index is 1350. The summed E-state index contributed by atoms with van der Waals surface area (Å²) in [5.41, 5.74) is -1.41. The number of allylic oxidation sites excluding steroid dienone is 2. The van der Waals surface area contributed by atoms with Crippen LogP contribution in [0.1, 0.15) is 68.1 Å². The summed E-state index contributed by atoms with van der Waals surface area (Å²) in [4.78, 5) is 41.2. The molecule has 4 aliphatic rings. The van der Waals surface area contributed by atoms with Gasteiger partial charge in [0.05, 0.1) is 5.92 Å². The number of rotatable bonds is 11. The zero-order chi connectivity index (χ0) is 35.2. The highest BCUT2D eigenvalue weighted by Gasteiger charge is 2.46. The van der Waals surface area contributed by atoms with Gasteiger partial charge in [-0.25, -0.2) is 0 Å². The average Bonchev–Trinajstić information content (AvgIpc) is 3.09. The first-order chi connectivity index (χ1) is 23.3. The van der Waals surface area contributed by atoms with Crippen LogP contribution in [0.3, 0.4) is 0 Å². The Morgan fingerprint density at radius 3 is 2.14 bits per heavy atom. The fourth-order valence-electron chi connectivity index (χ4n) is 7.80. The average molecular weight is 698 g/mol. The maximum Gasteiger partial charge on any atom is 0.413 e. The number of likely N-dealkylation sites (tertiary alicyclic amines) is 2. The number of halogens is 6. The van der Waals surface area contributed by atoms with Crippen LogP contribution in [0.15, 0.2) is 53.6 Å². The number of nitrogens with zero attached hydrogens (tertiary/aromatic N) is 2. The van der Waals surface area contributed by atoms with Crippen molar-refractivity contribution in [3.05, 3.63) is 59.2 Å². The second-order valence-corrected chi connectivity index (χ2v) is 14.1. The zero-order valence-corrected chi connectivity index (χ0v) is 27.5. The molecule has 0 spiro atoms. The second-order valence-electron chi connectivity index (χ2n) is 14.1. The first-order valence-corrected chi connectivity index (χ1v) is 17.2. The maximum atomic E-state index is 13.7. The fraction of sp³-hybridized carbons (Fsp3) is 0.639. The smallest absolute Gasteiger partial charge is 0.413 e. The number of ketones is 1. The lowest BCUT2D eigenvalue weighted by Crippen LogP contribution is -2.52. The molecule has 1 N–H and O–H groups in total. The highest BCUT2D eigenvalue weighted by Crippen LogP contribution is 2.43. The van der Waals surface area contributed by atoms with Gasteiger partial charge in [0.25, 0.3) is 6.47 Å². The Labute approximate surface area is 283 Å². The Morgan fingerprint density at radius 2 is 1.55 bits per heavy atom. The first-order valence-electron chi connectivity index (χ1n) is 17.2. The number of amides is 1. The van der Waals surface area contributed by atoms with Gasteiger partial charge < -0.3 is 15.0 Å². The van der Waals surface area contributed by atoms with Crippen LogP contribution in [-0.2, 0) is 14.3 Å². The van der Waals surface area contributed by atoms with E-state index in [1.54, 1.807) is 4.90 Å². The Morgan fingerprint density at radius 1 is 0.898 bits per heavy atom. The summed E-state index contributed by atoms with van der Waals surface area (Å²) in [6, 6.07) is 9.27. The number of benzene rings is 1. The number of Topliss-reactive ketones (excluding diaryl/α,β-unsaturated/α-hetero) is 1. The summed E-state index contributed by atoms with van der Waals surface area (Å²) < 4.78 is 86.0. The molecule has 0 aromatic heterocycles. The number of ether oxygens (including phenoxy) is 1. The molecule has 2 heterocycles. The molecule has 49 heavy (non-hydrogen) atoms. The largest absolute Gasteiger partial charge is 0.460 e. The van der Waals surface area contributed by atoms with Crippen molar-refractivity contribution in [3.8, 4) is 0 Å². The van der Waals surface area contributed by atoms with Crippen LogP contribution in [0.25, 0.3) is 0 Å². The van der Waals surface area contributed by atoms with Crippen LogP contribution in [0, 0.1) is 23.7 Å². The highest BCUT2D eigenvalue weighted by atomic mass is 19.4. The summed E-state index contributed by atoms with van der Waals surface area (Å²) in [5, 5.41) is 3.42. The van der Waals surface area contributed by atoms with Gasteiger partial charge >= 0.3 is 12.4 Å². The molecule has 1 unspecified atom stereocenters. The number of piperidine rings is 2. The normalized spacial score (nSPS) is 25.7. The minimum absolute atomic E-state index is 0.0296. The number of nitrogens with one attached hydrogen (secondary N) is 1. The van der Waals surface area contributed by atoms with E-state index in [4.69, 9.17) is 4.74 Å². The van der Waals surface area contributed by atoms with Crippen molar-refractivity contribution in [3.63, 3.8) is 0 Å². The molecule has 3 fully saturated rings. The van der Waals surface area contributed by atoms with Gasteiger partial charge in [-0.05, 0) is 63.0 Å². The molecular formula is C36H45F6N3O4. The molecule has 1 amide bonds. The SMILES string of the molecule is O=COC1(CNCC2CCC(C(=O)N3CCC(C(=O)c4ccccc4)CC3)CC2)CCN(CC2=C(C(F)(F)F)CC(C(F)(F)F)C=C2)CC1. The topological polar surface area (TPSA) is 79.0 Å². The number of hydrogen-bond acceptors (Lipinski definition) is 6. The van der Waals surface area contributed by atoms with Crippen LogP contribution >= 0.6 is 0 Å². The number of hydrogen-bond donors (Lipinski definition) is 1. The van der Waals surface area contributed by atoms with E-state index in [1.165, 1.54) is 0 Å². The quantitative estimate of drug-likeness (QED) is 0.162. The molecule has 270 valence electrons. The van der Waals surface area contributed by atoms with Crippen LogP contribution in [-0.4, -0.2) is 91.7 Å². The minimum atomic E-state index is -4.86. The van der Waals surface area contributed by atoms with E-state index in [1.807, 2.05) is 35.2 Å². The Balaban J connectivity index is 1.04. The second kappa shape index (κ2) is 15.8. The van der Waals surface area contributed by atoms with Crippen molar-refractivity contribution in [1.29, 1.82) is 0 Å². The third-order valence-corrected chi connectivity index (χ3v) is 10.9. The van der Waals surface area contributed by atoms with E-state index < -0.39 is 35.9 Å². The minimum Gasteiger partial charge on any atom is -0.460 e. The maximum absolute atomic E-state index is 13.7. The summed E-state index contributed by atoms with van der Waals surface area (Å²) >= 11 is 0. The van der Waals surface area contributed by atoms with Gasteiger partial charge in [-0.3, -0.25) is 19.3 Å². The Kier molecular flexibility index (Phi) is 11.9. The van der Waals surface area contributed by atoms with E-state index in [9.17, 15) is 40.7 Å².